The van der Waals surface area contributed by atoms with Gasteiger partial charge in [-0.15, -0.1) is 0 Å². The Morgan fingerprint density at radius 1 is 0.304 bits per heavy atom. The average molecular weight is 597 g/mol. The third kappa shape index (κ3) is 5.01. The van der Waals surface area contributed by atoms with Crippen LogP contribution in [0.4, 0.5) is 0 Å². The highest BCUT2D eigenvalue weighted by Gasteiger charge is 2.36. The first-order chi connectivity index (χ1) is 21.9. The molecule has 0 radical (unpaired) electrons. The third-order valence-corrected chi connectivity index (χ3v) is 10.4. The Morgan fingerprint density at radius 2 is 0.652 bits per heavy atom. The number of aryl methyl sites for hydroxylation is 4. The van der Waals surface area contributed by atoms with Gasteiger partial charge in [-0.2, -0.15) is 0 Å². The fraction of sp³-hybridized carbons (Fsp3) is 0.217. The normalized spacial score (nSPS) is 14.4. The van der Waals surface area contributed by atoms with E-state index in [4.69, 9.17) is 0 Å². The third-order valence-electron chi connectivity index (χ3n) is 10.4. The van der Waals surface area contributed by atoms with Gasteiger partial charge in [0.25, 0.3) is 0 Å². The first kappa shape index (κ1) is 30.0. The molecule has 2 aliphatic rings. The smallest absolute Gasteiger partial charge is 0.0159 e. The molecule has 0 bridgehead atoms. The molecule has 46 heavy (non-hydrogen) atoms. The van der Waals surface area contributed by atoms with Crippen LogP contribution < -0.4 is 0 Å². The molecule has 0 unspecified atom stereocenters. The van der Waals surface area contributed by atoms with E-state index < -0.39 is 0 Å². The standard InChI is InChI=1S/2C23H22/c1-15-5-8-17(9-6-15)18-10-12-20-19-11-7-16(2)13-21(19)23(3,4)22(20)14-18;1-15-6-5-7-17(12-15)18-9-11-20-19-10-8-16(2)13-21(19)23(3,4)22(20)14-18/h2*5-14H,1-4H3. The molecule has 0 saturated heterocycles. The Labute approximate surface area is 275 Å². The predicted molar refractivity (Wildman–Crippen MR) is 198 cm³/mol. The van der Waals surface area contributed by atoms with Crippen LogP contribution in [0.2, 0.25) is 0 Å². The quantitative estimate of drug-likeness (QED) is 0.186. The van der Waals surface area contributed by atoms with Crippen LogP contribution in [0.1, 0.15) is 72.2 Å². The van der Waals surface area contributed by atoms with E-state index in [1.54, 1.807) is 0 Å². The van der Waals surface area contributed by atoms with Crippen molar-refractivity contribution in [3.05, 3.63) is 166 Å². The number of rotatable bonds is 2. The Morgan fingerprint density at radius 3 is 1.13 bits per heavy atom. The summed E-state index contributed by atoms with van der Waals surface area (Å²) in [6, 6.07) is 45.2. The summed E-state index contributed by atoms with van der Waals surface area (Å²) in [4.78, 5) is 0. The van der Waals surface area contributed by atoms with Crippen LogP contribution in [-0.2, 0) is 10.8 Å². The minimum absolute atomic E-state index is 0.0660. The lowest BCUT2D eigenvalue weighted by Crippen LogP contribution is -2.15. The molecule has 0 amide bonds. The molecule has 0 saturated carbocycles. The van der Waals surface area contributed by atoms with Crippen LogP contribution in [-0.4, -0.2) is 0 Å². The monoisotopic (exact) mass is 596 g/mol. The Bertz CT molecular complexity index is 2120. The molecule has 0 heterocycles. The van der Waals surface area contributed by atoms with Crippen LogP contribution in [0, 0.1) is 27.7 Å². The summed E-state index contributed by atoms with van der Waals surface area (Å²) in [5.74, 6) is 0. The van der Waals surface area contributed by atoms with Crippen LogP contribution in [0.25, 0.3) is 44.5 Å². The average Bonchev–Trinajstić information content (AvgIpc) is 3.40. The number of fused-ring (bicyclic) bond motifs is 6. The van der Waals surface area contributed by atoms with E-state index in [2.05, 4.69) is 177 Å². The minimum atomic E-state index is 0.0660. The van der Waals surface area contributed by atoms with E-state index in [0.717, 1.165) is 0 Å². The largest absolute Gasteiger partial charge is 0.0614 e. The highest BCUT2D eigenvalue weighted by molar-refractivity contribution is 5.85. The van der Waals surface area contributed by atoms with Gasteiger partial charge in [-0.05, 0) is 107 Å². The van der Waals surface area contributed by atoms with Crippen LogP contribution in [0.5, 0.6) is 0 Å². The molecule has 0 nitrogen and oxygen atoms in total. The predicted octanol–water partition coefficient (Wildman–Crippen LogP) is 12.6. The van der Waals surface area contributed by atoms with Crippen molar-refractivity contribution >= 4 is 0 Å². The molecule has 0 aromatic heterocycles. The molecule has 0 heteroatoms. The molecule has 0 aliphatic heterocycles. The van der Waals surface area contributed by atoms with Gasteiger partial charge < -0.3 is 0 Å². The molecule has 0 N–H and O–H groups in total. The zero-order valence-electron chi connectivity index (χ0n) is 28.5. The van der Waals surface area contributed by atoms with Gasteiger partial charge in [0.15, 0.2) is 0 Å². The van der Waals surface area contributed by atoms with E-state index in [9.17, 15) is 0 Å². The lowest BCUT2D eigenvalue weighted by atomic mass is 9.81. The second-order valence-corrected chi connectivity index (χ2v) is 14.6. The molecule has 228 valence electrons. The van der Waals surface area contributed by atoms with Gasteiger partial charge in [-0.1, -0.05) is 159 Å². The summed E-state index contributed by atoms with van der Waals surface area (Å²) in [5.41, 5.74) is 22.0. The van der Waals surface area contributed by atoms with Gasteiger partial charge in [0.2, 0.25) is 0 Å². The van der Waals surface area contributed by atoms with Crippen LogP contribution in [0.15, 0.2) is 121 Å². The Balaban J connectivity index is 0.000000147. The minimum Gasteiger partial charge on any atom is -0.0614 e. The van der Waals surface area contributed by atoms with E-state index in [1.165, 1.54) is 89.0 Å². The first-order valence-electron chi connectivity index (χ1n) is 16.6. The van der Waals surface area contributed by atoms with Gasteiger partial charge in [0, 0.05) is 10.8 Å². The molecule has 0 fully saturated rings. The summed E-state index contributed by atoms with van der Waals surface area (Å²) in [5, 5.41) is 0. The molecule has 6 aromatic rings. The van der Waals surface area contributed by atoms with Crippen molar-refractivity contribution in [3.63, 3.8) is 0 Å². The van der Waals surface area contributed by atoms with E-state index in [0.29, 0.717) is 0 Å². The summed E-state index contributed by atoms with van der Waals surface area (Å²) < 4.78 is 0. The van der Waals surface area contributed by atoms with Crippen molar-refractivity contribution in [2.45, 2.75) is 66.2 Å². The maximum atomic E-state index is 2.39. The number of hydrogen-bond donors (Lipinski definition) is 0. The molecule has 6 aromatic carbocycles. The van der Waals surface area contributed by atoms with Crippen molar-refractivity contribution in [1.29, 1.82) is 0 Å². The molecule has 2 aliphatic carbocycles. The molecule has 0 spiro atoms. The molecular formula is C46H44. The van der Waals surface area contributed by atoms with Gasteiger partial charge in [-0.25, -0.2) is 0 Å². The Kier molecular flexibility index (Phi) is 7.17. The SMILES string of the molecule is Cc1ccc(-c2ccc3c(c2)C(C)(C)c2cc(C)ccc2-3)cc1.Cc1cccc(-c2ccc3c(c2)C(C)(C)c2cc(C)ccc2-3)c1. The van der Waals surface area contributed by atoms with E-state index >= 15 is 0 Å². The molecule has 8 rings (SSSR count). The zero-order valence-corrected chi connectivity index (χ0v) is 28.5. The van der Waals surface area contributed by atoms with Gasteiger partial charge >= 0.3 is 0 Å². The first-order valence-corrected chi connectivity index (χ1v) is 16.6. The maximum Gasteiger partial charge on any atom is 0.0159 e. The second-order valence-electron chi connectivity index (χ2n) is 14.6. The fourth-order valence-electron chi connectivity index (χ4n) is 7.63. The summed E-state index contributed by atoms with van der Waals surface area (Å²) >= 11 is 0. The Hall–Kier alpha value is -4.68. The summed E-state index contributed by atoms with van der Waals surface area (Å²) in [7, 11) is 0. The van der Waals surface area contributed by atoms with Gasteiger partial charge in [0.1, 0.15) is 0 Å². The van der Waals surface area contributed by atoms with E-state index in [-0.39, 0.29) is 10.8 Å². The summed E-state index contributed by atoms with van der Waals surface area (Å²) in [6.45, 7) is 18.0. The lowest BCUT2D eigenvalue weighted by Gasteiger charge is -2.22. The fourth-order valence-corrected chi connectivity index (χ4v) is 7.63. The van der Waals surface area contributed by atoms with E-state index in [1.807, 2.05) is 0 Å². The highest BCUT2D eigenvalue weighted by Crippen LogP contribution is 2.51. The van der Waals surface area contributed by atoms with Crippen molar-refractivity contribution < 1.29 is 0 Å². The second kappa shape index (κ2) is 11.0. The molecular weight excluding hydrogens is 553 g/mol. The topological polar surface area (TPSA) is 0 Å². The molecule has 0 atom stereocenters. The highest BCUT2D eigenvalue weighted by atomic mass is 14.4. The van der Waals surface area contributed by atoms with Crippen LogP contribution in [0.3, 0.4) is 0 Å². The number of benzene rings is 6. The zero-order chi connectivity index (χ0) is 32.4. The van der Waals surface area contributed by atoms with Crippen molar-refractivity contribution in [3.8, 4) is 44.5 Å². The van der Waals surface area contributed by atoms with Crippen LogP contribution >= 0.6 is 0 Å². The van der Waals surface area contributed by atoms with Crippen molar-refractivity contribution in [2.75, 3.05) is 0 Å². The maximum absolute atomic E-state index is 2.39. The van der Waals surface area contributed by atoms with Crippen molar-refractivity contribution in [1.82, 2.24) is 0 Å². The summed E-state index contributed by atoms with van der Waals surface area (Å²) in [6.07, 6.45) is 0. The van der Waals surface area contributed by atoms with Gasteiger partial charge in [0.05, 0.1) is 0 Å². The lowest BCUT2D eigenvalue weighted by molar-refractivity contribution is 0.660. The van der Waals surface area contributed by atoms with Gasteiger partial charge in [-0.3, -0.25) is 0 Å². The number of hydrogen-bond acceptors (Lipinski definition) is 0. The van der Waals surface area contributed by atoms with Crippen molar-refractivity contribution in [2.24, 2.45) is 0 Å².